The van der Waals surface area contributed by atoms with Gasteiger partial charge in [-0.25, -0.2) is 0 Å². The van der Waals surface area contributed by atoms with Crippen molar-refractivity contribution in [3.8, 4) is 0 Å². The molecule has 1 fully saturated rings. The first-order chi connectivity index (χ1) is 10.1. The lowest BCUT2D eigenvalue weighted by Gasteiger charge is -2.35. The third-order valence-electron chi connectivity index (χ3n) is 4.59. The van der Waals surface area contributed by atoms with E-state index in [0.29, 0.717) is 0 Å². The van der Waals surface area contributed by atoms with Crippen molar-refractivity contribution in [2.75, 3.05) is 24.5 Å². The van der Waals surface area contributed by atoms with E-state index in [1.807, 2.05) is 0 Å². The highest BCUT2D eigenvalue weighted by Crippen LogP contribution is 2.32. The topological polar surface area (TPSA) is 15.3 Å². The Morgan fingerprint density at radius 2 is 2.00 bits per heavy atom. The smallest absolute Gasteiger partial charge is 0.0642 e. The number of nitrogens with one attached hydrogen (secondary N) is 1. The first-order valence-electron chi connectivity index (χ1n) is 8.36. The van der Waals surface area contributed by atoms with E-state index in [2.05, 4.69) is 49.2 Å². The van der Waals surface area contributed by atoms with Crippen molar-refractivity contribution in [3.63, 3.8) is 0 Å². The maximum Gasteiger partial charge on any atom is 0.0642 e. The largest absolute Gasteiger partial charge is 0.370 e. The van der Waals surface area contributed by atoms with Crippen molar-refractivity contribution in [1.82, 2.24) is 5.32 Å². The summed E-state index contributed by atoms with van der Waals surface area (Å²) in [5.41, 5.74) is 2.48. The predicted molar refractivity (Wildman–Crippen MR) is 93.2 cm³/mol. The molecule has 0 atom stereocenters. The Morgan fingerprint density at radius 3 is 2.57 bits per heavy atom. The third kappa shape index (κ3) is 4.62. The predicted octanol–water partition coefficient (Wildman–Crippen LogP) is 4.71. The molecule has 0 spiro atoms. The number of nitrogens with zero attached hydrogens (tertiary/aromatic N) is 1. The minimum atomic E-state index is 0.801. The zero-order chi connectivity index (χ0) is 15.2. The van der Waals surface area contributed by atoms with E-state index >= 15 is 0 Å². The normalized spacial score (nSPS) is 16.7. The summed E-state index contributed by atoms with van der Waals surface area (Å²) in [7, 11) is 0. The van der Waals surface area contributed by atoms with Gasteiger partial charge >= 0.3 is 0 Å². The standard InChI is InChI=1S/C18H29ClN2/c1-4-9-20-13-15-5-6-18(17(19)12-15)21-10-7-16(8-11-21)14(2)3/h5-6,12,14,16,20H,4,7-11,13H2,1-3H3. The molecule has 0 bridgehead atoms. The summed E-state index contributed by atoms with van der Waals surface area (Å²) in [6, 6.07) is 6.52. The van der Waals surface area contributed by atoms with Gasteiger partial charge in [0.15, 0.2) is 0 Å². The van der Waals surface area contributed by atoms with Crippen molar-refractivity contribution in [1.29, 1.82) is 0 Å². The van der Waals surface area contributed by atoms with Crippen molar-refractivity contribution >= 4 is 17.3 Å². The lowest BCUT2D eigenvalue weighted by Crippen LogP contribution is -2.35. The number of anilines is 1. The average Bonchev–Trinajstić information content (AvgIpc) is 2.48. The molecule has 2 rings (SSSR count). The van der Waals surface area contributed by atoms with Crippen LogP contribution in [0, 0.1) is 11.8 Å². The van der Waals surface area contributed by atoms with E-state index in [0.717, 1.165) is 49.5 Å². The molecule has 21 heavy (non-hydrogen) atoms. The molecule has 0 unspecified atom stereocenters. The summed E-state index contributed by atoms with van der Waals surface area (Å²) < 4.78 is 0. The van der Waals surface area contributed by atoms with Gasteiger partial charge < -0.3 is 10.2 Å². The first-order valence-corrected chi connectivity index (χ1v) is 8.73. The molecule has 0 aromatic heterocycles. The highest BCUT2D eigenvalue weighted by atomic mass is 35.5. The summed E-state index contributed by atoms with van der Waals surface area (Å²) >= 11 is 6.51. The molecule has 1 aromatic rings. The maximum atomic E-state index is 6.51. The molecule has 1 aromatic carbocycles. The Labute approximate surface area is 134 Å². The van der Waals surface area contributed by atoms with Gasteiger partial charge in [0.1, 0.15) is 0 Å². The quantitative estimate of drug-likeness (QED) is 0.765. The molecule has 118 valence electrons. The van der Waals surface area contributed by atoms with E-state index in [-0.39, 0.29) is 0 Å². The van der Waals surface area contributed by atoms with Crippen LogP contribution in [-0.2, 0) is 6.54 Å². The van der Waals surface area contributed by atoms with Crippen LogP contribution in [0.15, 0.2) is 18.2 Å². The molecule has 1 aliphatic rings. The SMILES string of the molecule is CCCNCc1ccc(N2CCC(C(C)C)CC2)c(Cl)c1. The van der Waals surface area contributed by atoms with Crippen LogP contribution in [0.3, 0.4) is 0 Å². The molecule has 0 saturated carbocycles. The number of halogens is 1. The van der Waals surface area contributed by atoms with Crippen LogP contribution in [0.4, 0.5) is 5.69 Å². The molecule has 1 saturated heterocycles. The van der Waals surface area contributed by atoms with Crippen LogP contribution in [0.25, 0.3) is 0 Å². The summed E-state index contributed by atoms with van der Waals surface area (Å²) in [5, 5.41) is 4.32. The van der Waals surface area contributed by atoms with Crippen LogP contribution in [-0.4, -0.2) is 19.6 Å². The number of hydrogen-bond acceptors (Lipinski definition) is 2. The first kappa shape index (κ1) is 16.6. The van der Waals surface area contributed by atoms with Crippen LogP contribution < -0.4 is 10.2 Å². The molecular weight excluding hydrogens is 280 g/mol. The molecule has 1 heterocycles. The van der Waals surface area contributed by atoms with E-state index in [9.17, 15) is 0 Å². The van der Waals surface area contributed by atoms with Crippen molar-refractivity contribution in [2.24, 2.45) is 11.8 Å². The summed E-state index contributed by atoms with van der Waals surface area (Å²) in [5.74, 6) is 1.67. The minimum absolute atomic E-state index is 0.801. The Bertz CT molecular complexity index is 437. The maximum absolute atomic E-state index is 6.51. The van der Waals surface area contributed by atoms with Crippen molar-refractivity contribution in [3.05, 3.63) is 28.8 Å². The number of piperidine rings is 1. The van der Waals surface area contributed by atoms with Gasteiger partial charge in [-0.2, -0.15) is 0 Å². The zero-order valence-electron chi connectivity index (χ0n) is 13.7. The second-order valence-corrected chi connectivity index (χ2v) is 6.94. The average molecular weight is 309 g/mol. The number of hydrogen-bond donors (Lipinski definition) is 1. The fourth-order valence-electron chi connectivity index (χ4n) is 3.13. The minimum Gasteiger partial charge on any atom is -0.370 e. The molecule has 2 nitrogen and oxygen atoms in total. The lowest BCUT2D eigenvalue weighted by molar-refractivity contribution is 0.311. The molecule has 1 N–H and O–H groups in total. The van der Waals surface area contributed by atoms with Crippen LogP contribution in [0.5, 0.6) is 0 Å². The van der Waals surface area contributed by atoms with E-state index in [1.54, 1.807) is 0 Å². The van der Waals surface area contributed by atoms with Crippen LogP contribution >= 0.6 is 11.6 Å². The van der Waals surface area contributed by atoms with Gasteiger partial charge in [-0.3, -0.25) is 0 Å². The molecular formula is C18H29ClN2. The van der Waals surface area contributed by atoms with Gasteiger partial charge in [0.25, 0.3) is 0 Å². The third-order valence-corrected chi connectivity index (χ3v) is 4.89. The van der Waals surface area contributed by atoms with Gasteiger partial charge in [-0.1, -0.05) is 38.4 Å². The number of rotatable bonds is 6. The molecule has 0 aliphatic carbocycles. The molecule has 1 aliphatic heterocycles. The van der Waals surface area contributed by atoms with Gasteiger partial charge in [0, 0.05) is 19.6 Å². The lowest BCUT2D eigenvalue weighted by atomic mass is 9.86. The summed E-state index contributed by atoms with van der Waals surface area (Å²) in [6.07, 6.45) is 3.73. The zero-order valence-corrected chi connectivity index (χ0v) is 14.4. The fraction of sp³-hybridized carbons (Fsp3) is 0.667. The van der Waals surface area contributed by atoms with E-state index in [1.165, 1.54) is 24.1 Å². The van der Waals surface area contributed by atoms with Crippen LogP contribution in [0.1, 0.15) is 45.6 Å². The second-order valence-electron chi connectivity index (χ2n) is 6.53. The Hall–Kier alpha value is -0.730. The highest BCUT2D eigenvalue weighted by molar-refractivity contribution is 6.33. The number of benzene rings is 1. The highest BCUT2D eigenvalue weighted by Gasteiger charge is 2.22. The molecule has 0 amide bonds. The summed E-state index contributed by atoms with van der Waals surface area (Å²) in [6.45, 7) is 11.1. The fourth-order valence-corrected chi connectivity index (χ4v) is 3.46. The van der Waals surface area contributed by atoms with Crippen molar-refractivity contribution < 1.29 is 0 Å². The second kappa shape index (κ2) is 8.05. The summed E-state index contributed by atoms with van der Waals surface area (Å²) in [4.78, 5) is 2.45. The van der Waals surface area contributed by atoms with E-state index < -0.39 is 0 Å². The Balaban J connectivity index is 1.95. The van der Waals surface area contributed by atoms with Gasteiger partial charge in [0.05, 0.1) is 10.7 Å². The Kier molecular flexibility index (Phi) is 6.38. The van der Waals surface area contributed by atoms with Gasteiger partial charge in [-0.05, 0) is 55.3 Å². The van der Waals surface area contributed by atoms with E-state index in [4.69, 9.17) is 11.6 Å². The van der Waals surface area contributed by atoms with Gasteiger partial charge in [-0.15, -0.1) is 0 Å². The monoisotopic (exact) mass is 308 g/mol. The Morgan fingerprint density at radius 1 is 1.29 bits per heavy atom. The molecule has 0 radical (unpaired) electrons. The molecule has 3 heteroatoms. The van der Waals surface area contributed by atoms with Gasteiger partial charge in [0.2, 0.25) is 0 Å². The van der Waals surface area contributed by atoms with Crippen LogP contribution in [0.2, 0.25) is 5.02 Å². The van der Waals surface area contributed by atoms with Crippen molar-refractivity contribution in [2.45, 2.75) is 46.6 Å².